The van der Waals surface area contributed by atoms with Crippen molar-refractivity contribution in [1.29, 1.82) is 0 Å². The molecule has 0 unspecified atom stereocenters. The molecule has 3 rings (SSSR count). The van der Waals surface area contributed by atoms with Gasteiger partial charge in [-0.3, -0.25) is 13.9 Å². The highest BCUT2D eigenvalue weighted by Gasteiger charge is 2.32. The first-order valence-electron chi connectivity index (χ1n) is 11.6. The van der Waals surface area contributed by atoms with E-state index in [9.17, 15) is 18.0 Å². The van der Waals surface area contributed by atoms with E-state index < -0.39 is 28.5 Å². The van der Waals surface area contributed by atoms with E-state index in [0.717, 1.165) is 14.3 Å². The SMILES string of the molecule is CCNC(=O)[C@H](C)N(Cc1cccc(Br)c1)C(=O)CN(c1ccccc1C)S(=O)(=O)c1ccccc1. The monoisotopic (exact) mass is 571 g/mol. The van der Waals surface area contributed by atoms with E-state index in [-0.39, 0.29) is 17.3 Å². The number of hydrogen-bond acceptors (Lipinski definition) is 4. The van der Waals surface area contributed by atoms with Crippen molar-refractivity contribution in [3.8, 4) is 0 Å². The highest BCUT2D eigenvalue weighted by atomic mass is 79.9. The minimum Gasteiger partial charge on any atom is -0.355 e. The molecule has 3 aromatic rings. The van der Waals surface area contributed by atoms with Crippen LogP contribution < -0.4 is 9.62 Å². The highest BCUT2D eigenvalue weighted by molar-refractivity contribution is 9.10. The Balaban J connectivity index is 2.03. The number of nitrogens with zero attached hydrogens (tertiary/aromatic N) is 2. The Labute approximate surface area is 221 Å². The summed E-state index contributed by atoms with van der Waals surface area (Å²) < 4.78 is 29.4. The lowest BCUT2D eigenvalue weighted by atomic mass is 10.1. The summed E-state index contributed by atoms with van der Waals surface area (Å²) in [6, 6.07) is 21.7. The van der Waals surface area contributed by atoms with Gasteiger partial charge < -0.3 is 10.2 Å². The van der Waals surface area contributed by atoms with Crippen LogP contribution in [0.3, 0.4) is 0 Å². The fourth-order valence-electron chi connectivity index (χ4n) is 3.81. The van der Waals surface area contributed by atoms with Crippen molar-refractivity contribution >= 4 is 43.5 Å². The molecule has 0 saturated heterocycles. The van der Waals surface area contributed by atoms with Crippen molar-refractivity contribution < 1.29 is 18.0 Å². The fourth-order valence-corrected chi connectivity index (χ4v) is 5.76. The zero-order valence-corrected chi connectivity index (χ0v) is 22.9. The van der Waals surface area contributed by atoms with Gasteiger partial charge in [-0.25, -0.2) is 8.42 Å². The van der Waals surface area contributed by atoms with Crippen LogP contribution in [-0.2, 0) is 26.2 Å². The van der Waals surface area contributed by atoms with Gasteiger partial charge in [0.25, 0.3) is 10.0 Å². The summed E-state index contributed by atoms with van der Waals surface area (Å²) in [4.78, 5) is 28.0. The second-order valence-corrected chi connectivity index (χ2v) is 11.1. The van der Waals surface area contributed by atoms with E-state index in [4.69, 9.17) is 0 Å². The van der Waals surface area contributed by atoms with Crippen LogP contribution in [0.4, 0.5) is 5.69 Å². The highest BCUT2D eigenvalue weighted by Crippen LogP contribution is 2.27. The Bertz CT molecular complexity index is 1320. The Kier molecular flexibility index (Phi) is 9.28. The van der Waals surface area contributed by atoms with E-state index in [1.807, 2.05) is 30.3 Å². The van der Waals surface area contributed by atoms with Crippen molar-refractivity contribution in [2.24, 2.45) is 0 Å². The van der Waals surface area contributed by atoms with Crippen LogP contribution in [0, 0.1) is 6.92 Å². The van der Waals surface area contributed by atoms with E-state index in [1.54, 1.807) is 57.2 Å². The molecule has 0 spiro atoms. The first-order valence-corrected chi connectivity index (χ1v) is 13.8. The zero-order valence-electron chi connectivity index (χ0n) is 20.5. The van der Waals surface area contributed by atoms with Crippen LogP contribution in [0.1, 0.15) is 25.0 Å². The maximum atomic E-state index is 13.8. The van der Waals surface area contributed by atoms with Gasteiger partial charge in [0.2, 0.25) is 11.8 Å². The maximum Gasteiger partial charge on any atom is 0.264 e. The number of likely N-dealkylation sites (N-methyl/N-ethyl adjacent to an activating group) is 1. The van der Waals surface area contributed by atoms with Gasteiger partial charge in [0.05, 0.1) is 10.6 Å². The third-order valence-corrected chi connectivity index (χ3v) is 8.02. The summed E-state index contributed by atoms with van der Waals surface area (Å²) in [5.41, 5.74) is 1.92. The quantitative estimate of drug-likeness (QED) is 0.388. The number of carbonyl (C=O) groups is 2. The maximum absolute atomic E-state index is 13.8. The number of nitrogens with one attached hydrogen (secondary N) is 1. The van der Waals surface area contributed by atoms with Crippen molar-refractivity contribution in [2.45, 2.75) is 38.3 Å². The van der Waals surface area contributed by atoms with Gasteiger partial charge in [-0.2, -0.15) is 0 Å². The summed E-state index contributed by atoms with van der Waals surface area (Å²) in [6.07, 6.45) is 0. The second-order valence-electron chi connectivity index (χ2n) is 8.33. The minimum absolute atomic E-state index is 0.0800. The number of amides is 2. The second kappa shape index (κ2) is 12.2. The van der Waals surface area contributed by atoms with Gasteiger partial charge in [-0.05, 0) is 62.2 Å². The van der Waals surface area contributed by atoms with E-state index in [1.165, 1.54) is 17.0 Å². The Morgan fingerprint density at radius 2 is 1.64 bits per heavy atom. The summed E-state index contributed by atoms with van der Waals surface area (Å²) in [5.74, 6) is -0.800. The van der Waals surface area contributed by atoms with Crippen molar-refractivity contribution in [1.82, 2.24) is 10.2 Å². The summed E-state index contributed by atoms with van der Waals surface area (Å²) in [7, 11) is -4.06. The third-order valence-electron chi connectivity index (χ3n) is 5.75. The van der Waals surface area contributed by atoms with Crippen LogP contribution in [0.25, 0.3) is 0 Å². The first kappa shape index (κ1) is 27.4. The van der Waals surface area contributed by atoms with Crippen molar-refractivity contribution in [3.05, 3.63) is 94.5 Å². The lowest BCUT2D eigenvalue weighted by molar-refractivity contribution is -0.139. The van der Waals surface area contributed by atoms with Gasteiger partial charge >= 0.3 is 0 Å². The normalized spacial score (nSPS) is 12.0. The number of rotatable bonds is 10. The summed E-state index contributed by atoms with van der Waals surface area (Å²) in [5, 5.41) is 2.75. The van der Waals surface area contributed by atoms with Crippen LogP contribution in [0.5, 0.6) is 0 Å². The molecule has 0 bridgehead atoms. The molecule has 0 heterocycles. The molecule has 0 aromatic heterocycles. The van der Waals surface area contributed by atoms with E-state index in [2.05, 4.69) is 21.2 Å². The number of benzene rings is 3. The van der Waals surface area contributed by atoms with Gasteiger partial charge in [0.1, 0.15) is 12.6 Å². The predicted molar refractivity (Wildman–Crippen MR) is 145 cm³/mol. The van der Waals surface area contributed by atoms with Gasteiger partial charge in [0, 0.05) is 17.6 Å². The zero-order chi connectivity index (χ0) is 26.3. The largest absolute Gasteiger partial charge is 0.355 e. The number of aryl methyl sites for hydroxylation is 1. The van der Waals surface area contributed by atoms with Gasteiger partial charge in [0.15, 0.2) is 0 Å². The standard InChI is InChI=1S/C27H30BrN3O4S/c1-4-29-27(33)21(3)30(18-22-12-10-13-23(28)17-22)26(32)19-31(25-16-9-8-11-20(25)2)36(34,35)24-14-6-5-7-15-24/h5-17,21H,4,18-19H2,1-3H3,(H,29,33)/t21-/m0/s1. The van der Waals surface area contributed by atoms with Crippen molar-refractivity contribution in [3.63, 3.8) is 0 Å². The molecular formula is C27H30BrN3O4S. The minimum atomic E-state index is -4.06. The van der Waals surface area contributed by atoms with Crippen LogP contribution in [0.2, 0.25) is 0 Å². The average molecular weight is 573 g/mol. The average Bonchev–Trinajstić information content (AvgIpc) is 2.86. The molecule has 0 aliphatic carbocycles. The summed E-state index contributed by atoms with van der Waals surface area (Å²) in [6.45, 7) is 5.34. The molecule has 0 saturated carbocycles. The van der Waals surface area contributed by atoms with Crippen LogP contribution in [0.15, 0.2) is 88.2 Å². The fraction of sp³-hybridized carbons (Fsp3) is 0.259. The van der Waals surface area contributed by atoms with E-state index in [0.29, 0.717) is 17.8 Å². The molecule has 1 N–H and O–H groups in total. The molecule has 7 nitrogen and oxygen atoms in total. The Morgan fingerprint density at radius 1 is 0.972 bits per heavy atom. The molecule has 3 aromatic carbocycles. The molecule has 0 fully saturated rings. The molecule has 190 valence electrons. The molecule has 0 radical (unpaired) electrons. The van der Waals surface area contributed by atoms with Crippen LogP contribution >= 0.6 is 15.9 Å². The molecule has 9 heteroatoms. The molecule has 36 heavy (non-hydrogen) atoms. The molecule has 0 aliphatic heterocycles. The number of carbonyl (C=O) groups excluding carboxylic acids is 2. The molecule has 2 amide bonds. The van der Waals surface area contributed by atoms with Gasteiger partial charge in [-0.15, -0.1) is 0 Å². The Morgan fingerprint density at radius 3 is 2.28 bits per heavy atom. The molecular weight excluding hydrogens is 542 g/mol. The smallest absolute Gasteiger partial charge is 0.264 e. The first-order chi connectivity index (χ1) is 17.1. The topological polar surface area (TPSA) is 86.8 Å². The summed E-state index contributed by atoms with van der Waals surface area (Å²) >= 11 is 3.44. The van der Waals surface area contributed by atoms with Crippen molar-refractivity contribution in [2.75, 3.05) is 17.4 Å². The van der Waals surface area contributed by atoms with Crippen LogP contribution in [-0.4, -0.2) is 44.3 Å². The third kappa shape index (κ3) is 6.53. The predicted octanol–water partition coefficient (Wildman–Crippen LogP) is 4.51. The Hall–Kier alpha value is -3.17. The van der Waals surface area contributed by atoms with Gasteiger partial charge in [-0.1, -0.05) is 64.5 Å². The lowest BCUT2D eigenvalue weighted by Crippen LogP contribution is -2.51. The molecule has 1 atom stereocenters. The number of anilines is 1. The number of para-hydroxylation sites is 1. The lowest BCUT2D eigenvalue weighted by Gasteiger charge is -2.32. The number of halogens is 1. The van der Waals surface area contributed by atoms with E-state index >= 15 is 0 Å². The number of sulfonamides is 1. The number of hydrogen-bond donors (Lipinski definition) is 1. The molecule has 0 aliphatic rings.